The largest absolute Gasteiger partial charge is 0.543 e. The van der Waals surface area contributed by atoms with Gasteiger partial charge in [-0.15, -0.1) is 0 Å². The number of carboxylic acids is 8. The molecule has 0 aromatic rings. The van der Waals surface area contributed by atoms with Crippen LogP contribution in [-0.4, -0.2) is 47.8 Å². The van der Waals surface area contributed by atoms with E-state index in [2.05, 4.69) is 0 Å². The highest BCUT2D eigenvalue weighted by Gasteiger charge is 1.76. The van der Waals surface area contributed by atoms with Crippen molar-refractivity contribution in [1.82, 2.24) is 0 Å². The smallest absolute Gasteiger partial charge is 0.0870 e. The molecule has 136 valence electrons. The highest BCUT2D eigenvalue weighted by atomic mass is 16.5. The van der Waals surface area contributed by atoms with E-state index in [-0.39, 0.29) is 0 Å². The van der Waals surface area contributed by atoms with Crippen molar-refractivity contribution in [2.75, 3.05) is 0 Å². The normalized spacial score (nSPS) is 7.33. The lowest BCUT2D eigenvalue weighted by Gasteiger charge is -1.97. The number of carboxylic acid groups (broad SMARTS) is 8. The molecule has 0 saturated heterocycles. The van der Waals surface area contributed by atoms with Crippen molar-refractivity contribution >= 4 is 47.8 Å². The van der Waals surface area contributed by atoms with E-state index in [1.807, 2.05) is 0 Å². The van der Waals surface area contributed by atoms with Crippen LogP contribution in [0, 0.1) is 0 Å². The molecule has 24 heavy (non-hydrogen) atoms. The van der Waals surface area contributed by atoms with Gasteiger partial charge in [0.2, 0.25) is 0 Å². The van der Waals surface area contributed by atoms with Crippen LogP contribution in [0.2, 0.25) is 0 Å². The summed E-state index contributed by atoms with van der Waals surface area (Å²) in [5.74, 6) is -17.5. The second-order valence-electron chi connectivity index (χ2n) is 2.30. The van der Waals surface area contributed by atoms with Gasteiger partial charge in [-0.2, -0.15) is 0 Å². The van der Waals surface area contributed by atoms with Gasteiger partial charge in [0.05, 0.1) is 47.8 Å². The summed E-state index contributed by atoms with van der Waals surface area (Å²) in [6.45, 7) is 0. The number of carbonyl (C=O) groups is 8. The van der Waals surface area contributed by atoms with Crippen LogP contribution in [0.5, 0.6) is 0 Å². The lowest BCUT2D eigenvalue weighted by Crippen LogP contribution is -2.42. The molecule has 0 heterocycles. The Kier molecular flexibility index (Phi) is 17.7. The summed E-state index contributed by atoms with van der Waals surface area (Å²) in [5, 5.41) is 71.4. The van der Waals surface area contributed by atoms with Gasteiger partial charge < -0.3 is 79.2 Å². The average Bonchev–Trinajstić information content (AvgIpc) is 2.40. The molecule has 0 aromatic heterocycles. The summed E-state index contributed by atoms with van der Waals surface area (Å²) < 4.78 is 0. The zero-order chi connectivity index (χ0) is 20.6. The maximum Gasteiger partial charge on any atom is 0.0870 e. The highest BCUT2D eigenvalue weighted by molar-refractivity contribution is 6.26. The Labute approximate surface area is 128 Å². The first-order valence-electron chi connectivity index (χ1n) is 4.27. The quantitative estimate of drug-likeness (QED) is 0.365. The Morgan fingerprint density at radius 3 is 0.292 bits per heavy atom. The Morgan fingerprint density at radius 1 is 0.250 bits per heavy atom. The third-order valence-corrected chi connectivity index (χ3v) is 0.667. The maximum absolute atomic E-state index is 8.93. The van der Waals surface area contributed by atoms with E-state index in [0.29, 0.717) is 0 Å². The molecule has 0 N–H and O–H groups in total. The second kappa shape index (κ2) is 15.2. The monoisotopic (exact) mass is 352 g/mol. The molecular weight excluding hydrogens is 352 g/mol. The Balaban J connectivity index is -0.000000111. The molecule has 0 spiro atoms. The summed E-state index contributed by atoms with van der Waals surface area (Å²) in [5.41, 5.74) is 0. The second-order valence-corrected chi connectivity index (χ2v) is 2.30. The van der Waals surface area contributed by atoms with Crippen molar-refractivity contribution in [3.8, 4) is 0 Å². The summed E-state index contributed by atoms with van der Waals surface area (Å²) in [7, 11) is 0. The molecule has 0 fully saturated rings. The molecule has 16 heteroatoms. The number of aliphatic carboxylic acids is 8. The highest BCUT2D eigenvalue weighted by Crippen LogP contribution is 1.42. The maximum atomic E-state index is 8.93. The van der Waals surface area contributed by atoms with Crippen LogP contribution < -0.4 is 40.9 Å². The molecular formula is C8O16-8. The lowest BCUT2D eigenvalue weighted by molar-refractivity contribution is -0.345. The molecule has 0 amide bonds. The number of hydrogen-bond donors (Lipinski definition) is 0. The summed E-state index contributed by atoms with van der Waals surface area (Å²) in [4.78, 5) is 71.4. The van der Waals surface area contributed by atoms with Crippen LogP contribution in [0.25, 0.3) is 0 Å². The van der Waals surface area contributed by atoms with E-state index in [1.54, 1.807) is 0 Å². The van der Waals surface area contributed by atoms with Gasteiger partial charge in [-0.05, 0) is 0 Å². The summed E-state index contributed by atoms with van der Waals surface area (Å²) in [6.07, 6.45) is 0. The van der Waals surface area contributed by atoms with Crippen molar-refractivity contribution < 1.29 is 79.2 Å². The molecule has 0 aromatic carbocycles. The minimum atomic E-state index is -2.19. The molecule has 0 saturated carbocycles. The van der Waals surface area contributed by atoms with E-state index in [0.717, 1.165) is 0 Å². The van der Waals surface area contributed by atoms with Crippen molar-refractivity contribution in [2.24, 2.45) is 0 Å². The number of carbonyl (C=O) groups excluding carboxylic acids is 8. The van der Waals surface area contributed by atoms with E-state index >= 15 is 0 Å². The third kappa shape index (κ3) is 36.1. The van der Waals surface area contributed by atoms with Crippen molar-refractivity contribution in [3.05, 3.63) is 0 Å². The van der Waals surface area contributed by atoms with Crippen LogP contribution in [0.3, 0.4) is 0 Å². The minimum absolute atomic E-state index is 2.19. The molecule has 16 nitrogen and oxygen atoms in total. The first kappa shape index (κ1) is 28.0. The number of rotatable bonds is 0. The zero-order valence-electron chi connectivity index (χ0n) is 10.5. The average molecular weight is 352 g/mol. The van der Waals surface area contributed by atoms with Gasteiger partial charge in [0.15, 0.2) is 0 Å². The Hall–Kier alpha value is -4.24. The molecule has 0 atom stereocenters. The van der Waals surface area contributed by atoms with Gasteiger partial charge >= 0.3 is 0 Å². The van der Waals surface area contributed by atoms with Crippen molar-refractivity contribution in [2.45, 2.75) is 0 Å². The van der Waals surface area contributed by atoms with E-state index in [9.17, 15) is 0 Å². The van der Waals surface area contributed by atoms with Crippen LogP contribution in [0.15, 0.2) is 0 Å². The lowest BCUT2D eigenvalue weighted by atomic mass is 10.7. The molecule has 0 aliphatic rings. The molecule has 0 radical (unpaired) electrons. The predicted molar refractivity (Wildman–Crippen MR) is 40.1 cm³/mol. The van der Waals surface area contributed by atoms with Crippen LogP contribution in [0.1, 0.15) is 0 Å². The Bertz CT molecular complexity index is 382. The van der Waals surface area contributed by atoms with Crippen LogP contribution in [-0.2, 0) is 38.4 Å². The van der Waals surface area contributed by atoms with Gasteiger partial charge in [0.25, 0.3) is 0 Å². The molecule has 0 aliphatic carbocycles. The molecule has 0 aliphatic heterocycles. The standard InChI is InChI=1S/4C2H2O4/c4*3-1(4)2(5)6/h4*(H,3,4)(H,5,6)/p-8. The molecule has 0 rings (SSSR count). The topological polar surface area (TPSA) is 321 Å². The predicted octanol–water partition coefficient (Wildman–Crippen LogP) is -14.1. The van der Waals surface area contributed by atoms with E-state index in [4.69, 9.17) is 79.2 Å². The first-order chi connectivity index (χ1) is 10.6. The van der Waals surface area contributed by atoms with Gasteiger partial charge in [0.1, 0.15) is 0 Å². The third-order valence-electron chi connectivity index (χ3n) is 0.667. The first-order valence-corrected chi connectivity index (χ1v) is 4.27. The van der Waals surface area contributed by atoms with Crippen molar-refractivity contribution in [3.63, 3.8) is 0 Å². The van der Waals surface area contributed by atoms with Crippen molar-refractivity contribution in [1.29, 1.82) is 0 Å². The fourth-order valence-corrected chi connectivity index (χ4v) is 0. The summed E-state index contributed by atoms with van der Waals surface area (Å²) in [6, 6.07) is 0. The van der Waals surface area contributed by atoms with Crippen LogP contribution in [0.4, 0.5) is 0 Å². The fraction of sp³-hybridized carbons (Fsp3) is 0. The molecule has 0 unspecified atom stereocenters. The van der Waals surface area contributed by atoms with Crippen LogP contribution >= 0.6 is 0 Å². The van der Waals surface area contributed by atoms with Gasteiger partial charge in [0, 0.05) is 0 Å². The SMILES string of the molecule is O=C([O-])C(=O)[O-].O=C([O-])C(=O)[O-].O=C([O-])C(=O)[O-].O=C([O-])C(=O)[O-]. The fourth-order valence-electron chi connectivity index (χ4n) is 0. The zero-order valence-corrected chi connectivity index (χ0v) is 10.5. The van der Waals surface area contributed by atoms with Gasteiger partial charge in [-0.3, -0.25) is 0 Å². The summed E-state index contributed by atoms with van der Waals surface area (Å²) >= 11 is 0. The van der Waals surface area contributed by atoms with Gasteiger partial charge in [-0.1, -0.05) is 0 Å². The number of hydrogen-bond acceptors (Lipinski definition) is 16. The van der Waals surface area contributed by atoms with E-state index < -0.39 is 47.8 Å². The Morgan fingerprint density at radius 2 is 0.292 bits per heavy atom. The van der Waals surface area contributed by atoms with E-state index in [1.165, 1.54) is 0 Å². The minimum Gasteiger partial charge on any atom is -0.543 e. The molecule has 0 bridgehead atoms. The van der Waals surface area contributed by atoms with Gasteiger partial charge in [-0.25, -0.2) is 0 Å².